The standard InChI is InChI=1S/C15H29N3O/c1-12(2)11-18(9-8-17(4)5)14(10-16)15-7-6-13(3)19-15/h6-7,12,14H,8-11,16H2,1-5H3. The lowest BCUT2D eigenvalue weighted by atomic mass is 10.1. The van der Waals surface area contributed by atoms with E-state index in [1.165, 1.54) is 0 Å². The van der Waals surface area contributed by atoms with E-state index in [1.54, 1.807) is 0 Å². The van der Waals surface area contributed by atoms with Crippen molar-refractivity contribution in [2.24, 2.45) is 11.7 Å². The highest BCUT2D eigenvalue weighted by Crippen LogP contribution is 2.22. The maximum absolute atomic E-state index is 5.98. The molecule has 0 aliphatic carbocycles. The van der Waals surface area contributed by atoms with Gasteiger partial charge in [-0.05, 0) is 39.1 Å². The third-order valence-corrected chi connectivity index (χ3v) is 3.19. The minimum absolute atomic E-state index is 0.177. The Bertz CT molecular complexity index is 360. The molecule has 0 radical (unpaired) electrons. The van der Waals surface area contributed by atoms with Crippen LogP contribution in [0.15, 0.2) is 16.5 Å². The minimum Gasteiger partial charge on any atom is -0.465 e. The second-order valence-electron chi connectivity index (χ2n) is 5.89. The second kappa shape index (κ2) is 7.68. The Kier molecular flexibility index (Phi) is 6.55. The molecule has 110 valence electrons. The number of rotatable bonds is 8. The Morgan fingerprint density at radius 1 is 1.21 bits per heavy atom. The van der Waals surface area contributed by atoms with Crippen molar-refractivity contribution in [1.82, 2.24) is 9.80 Å². The zero-order valence-corrected chi connectivity index (χ0v) is 13.0. The normalized spacial score (nSPS) is 13.7. The Hall–Kier alpha value is -0.840. The maximum atomic E-state index is 5.98. The van der Waals surface area contributed by atoms with E-state index in [1.807, 2.05) is 13.0 Å². The van der Waals surface area contributed by atoms with Crippen LogP contribution in [0, 0.1) is 12.8 Å². The molecule has 1 aromatic heterocycles. The molecule has 0 aliphatic heterocycles. The van der Waals surface area contributed by atoms with Crippen molar-refractivity contribution >= 4 is 0 Å². The smallest absolute Gasteiger partial charge is 0.122 e. The second-order valence-corrected chi connectivity index (χ2v) is 5.89. The number of nitrogens with two attached hydrogens (primary N) is 1. The van der Waals surface area contributed by atoms with Crippen molar-refractivity contribution in [2.45, 2.75) is 26.8 Å². The van der Waals surface area contributed by atoms with E-state index >= 15 is 0 Å². The van der Waals surface area contributed by atoms with Crippen LogP contribution in [0.5, 0.6) is 0 Å². The predicted molar refractivity (Wildman–Crippen MR) is 80.2 cm³/mol. The van der Waals surface area contributed by atoms with Gasteiger partial charge < -0.3 is 15.1 Å². The molecule has 1 atom stereocenters. The number of likely N-dealkylation sites (N-methyl/N-ethyl adjacent to an activating group) is 1. The highest BCUT2D eigenvalue weighted by atomic mass is 16.3. The molecule has 0 fully saturated rings. The van der Waals surface area contributed by atoms with E-state index in [0.29, 0.717) is 12.5 Å². The van der Waals surface area contributed by atoms with Gasteiger partial charge in [0.05, 0.1) is 6.04 Å². The molecule has 0 spiro atoms. The minimum atomic E-state index is 0.177. The first-order chi connectivity index (χ1) is 8.93. The molecule has 19 heavy (non-hydrogen) atoms. The summed E-state index contributed by atoms with van der Waals surface area (Å²) in [4.78, 5) is 4.64. The molecular weight excluding hydrogens is 238 g/mol. The summed E-state index contributed by atoms with van der Waals surface area (Å²) in [6.45, 7) is 10.1. The fourth-order valence-electron chi connectivity index (χ4n) is 2.25. The van der Waals surface area contributed by atoms with Crippen molar-refractivity contribution in [1.29, 1.82) is 0 Å². The number of hydrogen-bond acceptors (Lipinski definition) is 4. The number of furan rings is 1. The largest absolute Gasteiger partial charge is 0.465 e. The zero-order chi connectivity index (χ0) is 14.4. The van der Waals surface area contributed by atoms with Crippen LogP contribution < -0.4 is 5.73 Å². The molecule has 0 aliphatic rings. The first kappa shape index (κ1) is 16.2. The van der Waals surface area contributed by atoms with Gasteiger partial charge in [0.15, 0.2) is 0 Å². The van der Waals surface area contributed by atoms with Crippen LogP contribution in [0.4, 0.5) is 0 Å². The van der Waals surface area contributed by atoms with Gasteiger partial charge in [-0.25, -0.2) is 0 Å². The van der Waals surface area contributed by atoms with Crippen molar-refractivity contribution in [3.05, 3.63) is 23.7 Å². The van der Waals surface area contributed by atoms with Crippen LogP contribution >= 0.6 is 0 Å². The maximum Gasteiger partial charge on any atom is 0.122 e. The van der Waals surface area contributed by atoms with Crippen LogP contribution in [0.3, 0.4) is 0 Å². The van der Waals surface area contributed by atoms with Crippen LogP contribution in [0.1, 0.15) is 31.4 Å². The van der Waals surface area contributed by atoms with E-state index in [0.717, 1.165) is 31.2 Å². The third-order valence-electron chi connectivity index (χ3n) is 3.19. The highest BCUT2D eigenvalue weighted by Gasteiger charge is 2.22. The molecule has 0 bridgehead atoms. The molecule has 1 heterocycles. The summed E-state index contributed by atoms with van der Waals surface area (Å²) in [6.07, 6.45) is 0. The van der Waals surface area contributed by atoms with E-state index in [4.69, 9.17) is 10.2 Å². The molecule has 4 nitrogen and oxygen atoms in total. The fraction of sp³-hybridized carbons (Fsp3) is 0.733. The number of aryl methyl sites for hydroxylation is 1. The lowest BCUT2D eigenvalue weighted by Gasteiger charge is -2.32. The number of nitrogens with zero attached hydrogens (tertiary/aromatic N) is 2. The zero-order valence-electron chi connectivity index (χ0n) is 13.0. The van der Waals surface area contributed by atoms with Gasteiger partial charge in [0.1, 0.15) is 11.5 Å². The van der Waals surface area contributed by atoms with Crippen molar-refractivity contribution < 1.29 is 4.42 Å². The average Bonchev–Trinajstić information content (AvgIpc) is 2.72. The highest BCUT2D eigenvalue weighted by molar-refractivity contribution is 5.10. The molecule has 1 unspecified atom stereocenters. The van der Waals surface area contributed by atoms with Crippen molar-refractivity contribution in [3.8, 4) is 0 Å². The molecular formula is C15H29N3O. The van der Waals surface area contributed by atoms with Gasteiger partial charge in [0.25, 0.3) is 0 Å². The van der Waals surface area contributed by atoms with Crippen LogP contribution in [-0.2, 0) is 0 Å². The molecule has 0 saturated carbocycles. The van der Waals surface area contributed by atoms with Gasteiger partial charge in [-0.3, -0.25) is 4.90 Å². The van der Waals surface area contributed by atoms with E-state index < -0.39 is 0 Å². The van der Waals surface area contributed by atoms with Gasteiger partial charge >= 0.3 is 0 Å². The Balaban J connectivity index is 2.79. The summed E-state index contributed by atoms with van der Waals surface area (Å²) in [5.41, 5.74) is 5.98. The SMILES string of the molecule is Cc1ccc(C(CN)N(CCN(C)C)CC(C)C)o1. The number of hydrogen-bond donors (Lipinski definition) is 1. The molecule has 0 saturated heterocycles. The molecule has 1 aromatic rings. The molecule has 0 amide bonds. The summed E-state index contributed by atoms with van der Waals surface area (Å²) in [5, 5.41) is 0. The first-order valence-electron chi connectivity index (χ1n) is 7.09. The summed E-state index contributed by atoms with van der Waals surface area (Å²) in [7, 11) is 4.20. The van der Waals surface area contributed by atoms with Gasteiger partial charge in [-0.15, -0.1) is 0 Å². The summed E-state index contributed by atoms with van der Waals surface area (Å²) in [6, 6.07) is 4.24. The third kappa shape index (κ3) is 5.35. The van der Waals surface area contributed by atoms with Crippen LogP contribution in [-0.4, -0.2) is 50.1 Å². The van der Waals surface area contributed by atoms with Crippen LogP contribution in [0.2, 0.25) is 0 Å². The van der Waals surface area contributed by atoms with E-state index in [-0.39, 0.29) is 6.04 Å². The van der Waals surface area contributed by atoms with Gasteiger partial charge in [0, 0.05) is 26.2 Å². The molecule has 2 N–H and O–H groups in total. The Morgan fingerprint density at radius 2 is 1.89 bits per heavy atom. The van der Waals surface area contributed by atoms with E-state index in [9.17, 15) is 0 Å². The summed E-state index contributed by atoms with van der Waals surface area (Å²) < 4.78 is 5.77. The predicted octanol–water partition coefficient (Wildman–Crippen LogP) is 2.11. The van der Waals surface area contributed by atoms with Crippen LogP contribution in [0.25, 0.3) is 0 Å². The topological polar surface area (TPSA) is 45.6 Å². The average molecular weight is 267 g/mol. The Morgan fingerprint density at radius 3 is 2.32 bits per heavy atom. The van der Waals surface area contributed by atoms with Gasteiger partial charge in [-0.2, -0.15) is 0 Å². The quantitative estimate of drug-likeness (QED) is 0.783. The lowest BCUT2D eigenvalue weighted by molar-refractivity contribution is 0.146. The first-order valence-corrected chi connectivity index (χ1v) is 7.09. The molecule has 0 aromatic carbocycles. The summed E-state index contributed by atoms with van der Waals surface area (Å²) >= 11 is 0. The molecule has 1 rings (SSSR count). The van der Waals surface area contributed by atoms with Crippen molar-refractivity contribution in [3.63, 3.8) is 0 Å². The van der Waals surface area contributed by atoms with E-state index in [2.05, 4.69) is 43.8 Å². The molecule has 4 heteroatoms. The van der Waals surface area contributed by atoms with Gasteiger partial charge in [-0.1, -0.05) is 13.8 Å². The Labute approximate surface area is 117 Å². The monoisotopic (exact) mass is 267 g/mol. The lowest BCUT2D eigenvalue weighted by Crippen LogP contribution is -2.40. The fourth-order valence-corrected chi connectivity index (χ4v) is 2.25. The van der Waals surface area contributed by atoms with Crippen molar-refractivity contribution in [2.75, 3.05) is 40.3 Å². The van der Waals surface area contributed by atoms with Gasteiger partial charge in [0.2, 0.25) is 0 Å². The summed E-state index contributed by atoms with van der Waals surface area (Å²) in [5.74, 6) is 2.55.